The monoisotopic (exact) mass is 289 g/mol. The first-order valence-electron chi connectivity index (χ1n) is 6.62. The number of benzene rings is 1. The fourth-order valence-electron chi connectivity index (χ4n) is 1.83. The van der Waals surface area contributed by atoms with E-state index in [1.54, 1.807) is 11.3 Å². The number of carbonyl (C=O) groups is 1. The number of nitrogens with one attached hydrogen (secondary N) is 1. The number of nitrogens with two attached hydrogens (primary N) is 1. The van der Waals surface area contributed by atoms with Gasteiger partial charge in [-0.1, -0.05) is 12.1 Å². The summed E-state index contributed by atoms with van der Waals surface area (Å²) < 4.78 is 0. The Labute approximate surface area is 123 Å². The first-order chi connectivity index (χ1) is 9.54. The number of carbonyl (C=O) groups excluding carboxylic acids is 1. The predicted molar refractivity (Wildman–Crippen MR) is 83.8 cm³/mol. The summed E-state index contributed by atoms with van der Waals surface area (Å²) in [6, 6.07) is 7.78. The van der Waals surface area contributed by atoms with Crippen LogP contribution in [-0.4, -0.2) is 16.9 Å². The molecule has 1 aromatic carbocycles. The molecule has 2 aromatic rings. The van der Waals surface area contributed by atoms with Crippen LogP contribution in [-0.2, 0) is 4.79 Å². The van der Waals surface area contributed by atoms with Gasteiger partial charge in [-0.25, -0.2) is 4.98 Å². The second-order valence-electron chi connectivity index (χ2n) is 4.90. The summed E-state index contributed by atoms with van der Waals surface area (Å²) in [7, 11) is 0. The van der Waals surface area contributed by atoms with Gasteiger partial charge < -0.3 is 11.1 Å². The zero-order valence-electron chi connectivity index (χ0n) is 11.7. The van der Waals surface area contributed by atoms with Crippen LogP contribution in [0.4, 0.5) is 5.69 Å². The number of thiazole rings is 1. The number of hydrogen-bond donors (Lipinski definition) is 2. The van der Waals surface area contributed by atoms with E-state index in [1.165, 1.54) is 0 Å². The Kier molecular flexibility index (Phi) is 4.87. The number of aromatic nitrogens is 1. The number of amides is 1. The summed E-state index contributed by atoms with van der Waals surface area (Å²) in [5.74, 6) is -0.00564. The standard InChI is InChI=1S/C15H19N3OS/c1-10(16)6-7-15(19)18-13-5-3-4-12(8-13)14-9-20-11(2)17-14/h3-5,8-10H,6-7,16H2,1-2H3,(H,18,19). The van der Waals surface area contributed by atoms with Gasteiger partial charge in [0.25, 0.3) is 0 Å². The summed E-state index contributed by atoms with van der Waals surface area (Å²) >= 11 is 1.62. The van der Waals surface area contributed by atoms with E-state index in [0.29, 0.717) is 12.8 Å². The maximum absolute atomic E-state index is 11.8. The lowest BCUT2D eigenvalue weighted by Gasteiger charge is -2.08. The third kappa shape index (κ3) is 4.15. The molecule has 1 heterocycles. The molecule has 0 aliphatic rings. The second kappa shape index (κ2) is 6.63. The molecule has 0 radical (unpaired) electrons. The lowest BCUT2D eigenvalue weighted by Crippen LogP contribution is -2.19. The van der Waals surface area contributed by atoms with E-state index in [2.05, 4.69) is 10.3 Å². The largest absolute Gasteiger partial charge is 0.328 e. The molecule has 5 heteroatoms. The number of rotatable bonds is 5. The van der Waals surface area contributed by atoms with Crippen LogP contribution < -0.4 is 11.1 Å². The molecule has 2 rings (SSSR count). The van der Waals surface area contributed by atoms with Crippen molar-refractivity contribution in [3.8, 4) is 11.3 Å². The zero-order chi connectivity index (χ0) is 14.5. The van der Waals surface area contributed by atoms with Crippen LogP contribution in [0.5, 0.6) is 0 Å². The Morgan fingerprint density at radius 1 is 1.50 bits per heavy atom. The lowest BCUT2D eigenvalue weighted by molar-refractivity contribution is -0.116. The number of hydrogen-bond acceptors (Lipinski definition) is 4. The number of anilines is 1. The van der Waals surface area contributed by atoms with Crippen molar-refractivity contribution in [3.63, 3.8) is 0 Å². The molecule has 106 valence electrons. The van der Waals surface area contributed by atoms with Crippen LogP contribution in [0.2, 0.25) is 0 Å². The predicted octanol–water partition coefficient (Wildman–Crippen LogP) is 3.18. The molecule has 0 aliphatic carbocycles. The van der Waals surface area contributed by atoms with Gasteiger partial charge in [0.2, 0.25) is 5.91 Å². The summed E-state index contributed by atoms with van der Waals surface area (Å²) in [5.41, 5.74) is 8.40. The third-order valence-electron chi connectivity index (χ3n) is 2.89. The molecule has 0 saturated heterocycles. The van der Waals surface area contributed by atoms with Gasteiger partial charge >= 0.3 is 0 Å². The molecule has 0 aliphatic heterocycles. The van der Waals surface area contributed by atoms with E-state index >= 15 is 0 Å². The minimum atomic E-state index is -0.00564. The Morgan fingerprint density at radius 2 is 2.30 bits per heavy atom. The SMILES string of the molecule is Cc1nc(-c2cccc(NC(=O)CCC(C)N)c2)cs1. The fourth-order valence-corrected chi connectivity index (χ4v) is 2.46. The number of nitrogens with zero attached hydrogens (tertiary/aromatic N) is 1. The highest BCUT2D eigenvalue weighted by molar-refractivity contribution is 7.09. The highest BCUT2D eigenvalue weighted by atomic mass is 32.1. The second-order valence-corrected chi connectivity index (χ2v) is 5.96. The van der Waals surface area contributed by atoms with Crippen molar-refractivity contribution in [3.05, 3.63) is 34.7 Å². The van der Waals surface area contributed by atoms with Crippen molar-refractivity contribution < 1.29 is 4.79 Å². The highest BCUT2D eigenvalue weighted by Crippen LogP contribution is 2.24. The summed E-state index contributed by atoms with van der Waals surface area (Å²) in [6.45, 7) is 3.88. The molecule has 0 spiro atoms. The van der Waals surface area contributed by atoms with Gasteiger partial charge in [-0.05, 0) is 32.4 Å². The van der Waals surface area contributed by atoms with Crippen molar-refractivity contribution in [1.29, 1.82) is 0 Å². The van der Waals surface area contributed by atoms with E-state index in [4.69, 9.17) is 5.73 Å². The van der Waals surface area contributed by atoms with Crippen molar-refractivity contribution >= 4 is 22.9 Å². The molecule has 1 aromatic heterocycles. The summed E-state index contributed by atoms with van der Waals surface area (Å²) in [6.07, 6.45) is 1.13. The van der Waals surface area contributed by atoms with Gasteiger partial charge in [0.15, 0.2) is 0 Å². The first kappa shape index (κ1) is 14.7. The molecule has 4 nitrogen and oxygen atoms in total. The van der Waals surface area contributed by atoms with Crippen molar-refractivity contribution in [2.45, 2.75) is 32.7 Å². The third-order valence-corrected chi connectivity index (χ3v) is 3.66. The molecule has 0 fully saturated rings. The van der Waals surface area contributed by atoms with Crippen LogP contribution >= 0.6 is 11.3 Å². The summed E-state index contributed by atoms with van der Waals surface area (Å²) in [4.78, 5) is 16.2. The van der Waals surface area contributed by atoms with Gasteiger partial charge in [-0.3, -0.25) is 4.79 Å². The molecule has 1 amide bonds. The number of aryl methyl sites for hydroxylation is 1. The van der Waals surface area contributed by atoms with E-state index in [0.717, 1.165) is 22.0 Å². The maximum atomic E-state index is 11.8. The Balaban J connectivity index is 2.05. The lowest BCUT2D eigenvalue weighted by atomic mass is 10.1. The Hall–Kier alpha value is -1.72. The van der Waals surface area contributed by atoms with Gasteiger partial charge in [-0.2, -0.15) is 0 Å². The van der Waals surface area contributed by atoms with Gasteiger partial charge in [0, 0.05) is 29.1 Å². The molecule has 3 N–H and O–H groups in total. The van der Waals surface area contributed by atoms with Crippen LogP contribution in [0.1, 0.15) is 24.8 Å². The summed E-state index contributed by atoms with van der Waals surface area (Å²) in [5, 5.41) is 5.95. The van der Waals surface area contributed by atoms with Crippen LogP contribution in [0.3, 0.4) is 0 Å². The average Bonchev–Trinajstić information content (AvgIpc) is 2.83. The van der Waals surface area contributed by atoms with E-state index in [-0.39, 0.29) is 11.9 Å². The first-order valence-corrected chi connectivity index (χ1v) is 7.50. The smallest absolute Gasteiger partial charge is 0.224 e. The van der Waals surface area contributed by atoms with Gasteiger partial charge in [0.05, 0.1) is 10.7 Å². The molecular formula is C15H19N3OS. The topological polar surface area (TPSA) is 68.0 Å². The molecule has 1 unspecified atom stereocenters. The molecule has 0 bridgehead atoms. The van der Waals surface area contributed by atoms with E-state index in [9.17, 15) is 4.79 Å². The minimum Gasteiger partial charge on any atom is -0.328 e. The normalized spacial score (nSPS) is 12.2. The van der Waals surface area contributed by atoms with Crippen LogP contribution in [0, 0.1) is 6.92 Å². The maximum Gasteiger partial charge on any atom is 0.224 e. The Bertz CT molecular complexity index is 592. The minimum absolute atomic E-state index is 0.00564. The van der Waals surface area contributed by atoms with Gasteiger partial charge in [0.1, 0.15) is 0 Å². The van der Waals surface area contributed by atoms with Crippen LogP contribution in [0.25, 0.3) is 11.3 Å². The molecule has 20 heavy (non-hydrogen) atoms. The van der Waals surface area contributed by atoms with Gasteiger partial charge in [-0.15, -0.1) is 11.3 Å². The molecule has 0 saturated carbocycles. The molecule has 1 atom stereocenters. The van der Waals surface area contributed by atoms with Crippen LogP contribution in [0.15, 0.2) is 29.6 Å². The zero-order valence-corrected chi connectivity index (χ0v) is 12.5. The average molecular weight is 289 g/mol. The van der Waals surface area contributed by atoms with Crippen molar-refractivity contribution in [2.75, 3.05) is 5.32 Å². The van der Waals surface area contributed by atoms with E-state index in [1.807, 2.05) is 43.5 Å². The van der Waals surface area contributed by atoms with E-state index < -0.39 is 0 Å². The van der Waals surface area contributed by atoms with Crippen molar-refractivity contribution in [1.82, 2.24) is 4.98 Å². The molecular weight excluding hydrogens is 270 g/mol. The van der Waals surface area contributed by atoms with Crippen molar-refractivity contribution in [2.24, 2.45) is 5.73 Å². The fraction of sp³-hybridized carbons (Fsp3) is 0.333. The Morgan fingerprint density at radius 3 is 2.95 bits per heavy atom. The quantitative estimate of drug-likeness (QED) is 0.888. The highest BCUT2D eigenvalue weighted by Gasteiger charge is 2.06.